The molecule has 10 nitrogen and oxygen atoms in total. The Hall–Kier alpha value is -3.25. The van der Waals surface area contributed by atoms with Gasteiger partial charge in [0.05, 0.1) is 12.1 Å². The number of thiocarbonyl (C=S) groups is 1. The second-order valence-corrected chi connectivity index (χ2v) is 9.97. The fraction of sp³-hybridized carbons (Fsp3) is 0.458. The van der Waals surface area contributed by atoms with Crippen molar-refractivity contribution in [3.05, 3.63) is 40.3 Å². The number of anilines is 2. The van der Waals surface area contributed by atoms with Crippen LogP contribution in [-0.2, 0) is 14.3 Å². The number of aromatic nitrogens is 1. The van der Waals surface area contributed by atoms with E-state index in [2.05, 4.69) is 30.6 Å². The lowest BCUT2D eigenvalue weighted by molar-refractivity contribution is -0.141. The molecule has 2 aromatic rings. The smallest absolute Gasteiger partial charge is 0.325 e. The third-order valence-electron chi connectivity index (χ3n) is 5.90. The summed E-state index contributed by atoms with van der Waals surface area (Å²) in [5.41, 5.74) is 2.36. The summed E-state index contributed by atoms with van der Waals surface area (Å²) in [5.74, 6) is -1.22. The first-order valence-electron chi connectivity index (χ1n) is 11.6. The van der Waals surface area contributed by atoms with Gasteiger partial charge in [0.2, 0.25) is 5.91 Å². The molecule has 0 aliphatic carbocycles. The van der Waals surface area contributed by atoms with E-state index in [1.807, 2.05) is 43.3 Å². The molecule has 1 fully saturated rings. The molecule has 2 amide bonds. The van der Waals surface area contributed by atoms with Gasteiger partial charge in [-0.1, -0.05) is 0 Å². The SMILES string of the molecule is COC(=O)CNC(=O)C(C)NC(=O)c1csc(C2CCN(C(=S)Nc3ccc(N(C)C)cc3)CC2)n1. The summed E-state index contributed by atoms with van der Waals surface area (Å²) in [6.07, 6.45) is 1.75. The Balaban J connectivity index is 1.47. The Bertz CT molecular complexity index is 1080. The van der Waals surface area contributed by atoms with Crippen molar-refractivity contribution >= 4 is 57.8 Å². The van der Waals surface area contributed by atoms with Crippen LogP contribution in [0.2, 0.25) is 0 Å². The van der Waals surface area contributed by atoms with Gasteiger partial charge in [-0.25, -0.2) is 4.98 Å². The summed E-state index contributed by atoms with van der Waals surface area (Å²) in [5, 5.41) is 11.6. The van der Waals surface area contributed by atoms with Gasteiger partial charge < -0.3 is 30.5 Å². The van der Waals surface area contributed by atoms with E-state index in [4.69, 9.17) is 12.2 Å². The lowest BCUT2D eigenvalue weighted by Crippen LogP contribution is -2.46. The number of likely N-dealkylation sites (tertiary alicyclic amines) is 1. The number of hydrogen-bond donors (Lipinski definition) is 3. The molecule has 0 spiro atoms. The van der Waals surface area contributed by atoms with Crippen molar-refractivity contribution in [2.75, 3.05) is 51.1 Å². The Morgan fingerprint density at radius 3 is 2.50 bits per heavy atom. The van der Waals surface area contributed by atoms with Gasteiger partial charge in [-0.2, -0.15) is 0 Å². The number of nitrogens with one attached hydrogen (secondary N) is 3. The predicted molar refractivity (Wildman–Crippen MR) is 145 cm³/mol. The first-order chi connectivity index (χ1) is 17.2. The normalized spacial score (nSPS) is 14.5. The van der Waals surface area contributed by atoms with Gasteiger partial charge in [0.15, 0.2) is 5.11 Å². The quantitative estimate of drug-likeness (QED) is 0.348. The number of esters is 1. The Labute approximate surface area is 220 Å². The standard InChI is InChI=1S/C24H32N6O4S2/c1-15(21(32)25-13-20(31)34-4)26-22(33)19-14-36-23(28-19)16-9-11-30(12-10-16)24(35)27-17-5-7-18(8-6-17)29(2)3/h5-8,14-16H,9-13H2,1-4H3,(H,25,32)(H,26,33)(H,27,35). The third-order valence-corrected chi connectivity index (χ3v) is 7.26. The lowest BCUT2D eigenvalue weighted by atomic mass is 9.98. The molecule has 12 heteroatoms. The first kappa shape index (κ1) is 27.3. The zero-order valence-corrected chi connectivity index (χ0v) is 22.5. The number of carbonyl (C=O) groups is 3. The Kier molecular flexibility index (Phi) is 9.59. The number of hydrogen-bond acceptors (Lipinski definition) is 8. The molecule has 0 bridgehead atoms. The van der Waals surface area contributed by atoms with Crippen LogP contribution in [0.1, 0.15) is 41.2 Å². The molecular weight excluding hydrogens is 500 g/mol. The van der Waals surface area contributed by atoms with Crippen molar-refractivity contribution in [2.45, 2.75) is 31.7 Å². The molecule has 0 radical (unpaired) electrons. The first-order valence-corrected chi connectivity index (χ1v) is 12.9. The highest BCUT2D eigenvalue weighted by Crippen LogP contribution is 2.30. The van der Waals surface area contributed by atoms with E-state index in [1.165, 1.54) is 18.4 Å². The maximum atomic E-state index is 12.5. The van der Waals surface area contributed by atoms with E-state index in [-0.39, 0.29) is 18.2 Å². The molecule has 1 aliphatic rings. The molecule has 36 heavy (non-hydrogen) atoms. The highest BCUT2D eigenvalue weighted by Gasteiger charge is 2.26. The van der Waals surface area contributed by atoms with E-state index >= 15 is 0 Å². The van der Waals surface area contributed by atoms with Crippen molar-refractivity contribution in [1.82, 2.24) is 20.5 Å². The summed E-state index contributed by atoms with van der Waals surface area (Å²) < 4.78 is 4.48. The van der Waals surface area contributed by atoms with Crippen molar-refractivity contribution < 1.29 is 19.1 Å². The second-order valence-electron chi connectivity index (χ2n) is 8.69. The van der Waals surface area contributed by atoms with Crippen LogP contribution in [0.25, 0.3) is 0 Å². The van der Waals surface area contributed by atoms with Gasteiger partial charge in [0, 0.05) is 49.9 Å². The zero-order chi connectivity index (χ0) is 26.2. The molecule has 3 N–H and O–H groups in total. The molecule has 194 valence electrons. The number of benzene rings is 1. The molecule has 1 aromatic heterocycles. The average Bonchev–Trinajstić information content (AvgIpc) is 3.38. The number of rotatable bonds is 8. The van der Waals surface area contributed by atoms with Gasteiger partial charge in [-0.3, -0.25) is 14.4 Å². The Morgan fingerprint density at radius 2 is 1.89 bits per heavy atom. The van der Waals surface area contributed by atoms with E-state index in [0.717, 1.165) is 42.3 Å². The van der Waals surface area contributed by atoms with E-state index in [1.54, 1.807) is 12.3 Å². The summed E-state index contributed by atoms with van der Waals surface area (Å²) in [4.78, 5) is 44.5. The third kappa shape index (κ3) is 7.37. The van der Waals surface area contributed by atoms with Gasteiger partial charge in [-0.05, 0) is 56.2 Å². The van der Waals surface area contributed by atoms with Crippen molar-refractivity contribution in [3.8, 4) is 0 Å². The second kappa shape index (κ2) is 12.6. The number of ether oxygens (including phenoxy) is 1. The van der Waals surface area contributed by atoms with Crippen LogP contribution in [0.5, 0.6) is 0 Å². The molecule has 1 aromatic carbocycles. The largest absolute Gasteiger partial charge is 0.468 e. The summed E-state index contributed by atoms with van der Waals surface area (Å²) in [6.45, 7) is 2.88. The average molecular weight is 533 g/mol. The summed E-state index contributed by atoms with van der Waals surface area (Å²) >= 11 is 7.06. The van der Waals surface area contributed by atoms with Crippen LogP contribution in [0.3, 0.4) is 0 Å². The molecule has 1 saturated heterocycles. The van der Waals surface area contributed by atoms with Gasteiger partial charge in [0.25, 0.3) is 5.91 Å². The van der Waals surface area contributed by atoms with Crippen LogP contribution in [0.4, 0.5) is 11.4 Å². The molecule has 1 aliphatic heterocycles. The zero-order valence-electron chi connectivity index (χ0n) is 20.9. The van der Waals surface area contributed by atoms with Crippen LogP contribution in [0.15, 0.2) is 29.6 Å². The molecule has 1 atom stereocenters. The highest BCUT2D eigenvalue weighted by atomic mass is 32.1. The maximum absolute atomic E-state index is 12.5. The summed E-state index contributed by atoms with van der Waals surface area (Å²) in [6, 6.07) is 7.30. The number of piperidine rings is 1. The van der Waals surface area contributed by atoms with Gasteiger partial charge in [-0.15, -0.1) is 11.3 Å². The number of methoxy groups -OCH3 is 1. The van der Waals surface area contributed by atoms with E-state index in [0.29, 0.717) is 5.11 Å². The number of amides is 2. The fourth-order valence-corrected chi connectivity index (χ4v) is 4.95. The number of carbonyl (C=O) groups excluding carboxylic acids is 3. The van der Waals surface area contributed by atoms with Crippen LogP contribution >= 0.6 is 23.6 Å². The predicted octanol–water partition coefficient (Wildman–Crippen LogP) is 2.19. The minimum Gasteiger partial charge on any atom is -0.468 e. The Morgan fingerprint density at radius 1 is 1.22 bits per heavy atom. The molecule has 0 saturated carbocycles. The topological polar surface area (TPSA) is 116 Å². The monoisotopic (exact) mass is 532 g/mol. The highest BCUT2D eigenvalue weighted by molar-refractivity contribution is 7.80. The number of thiazole rings is 1. The van der Waals surface area contributed by atoms with Crippen LogP contribution in [-0.4, -0.2) is 79.7 Å². The number of nitrogens with zero attached hydrogens (tertiary/aromatic N) is 3. The van der Waals surface area contributed by atoms with E-state index in [9.17, 15) is 14.4 Å². The maximum Gasteiger partial charge on any atom is 0.325 e. The van der Waals surface area contributed by atoms with Gasteiger partial charge >= 0.3 is 5.97 Å². The van der Waals surface area contributed by atoms with Crippen LogP contribution < -0.4 is 20.9 Å². The fourth-order valence-electron chi connectivity index (χ4n) is 3.68. The minimum absolute atomic E-state index is 0.246. The molecule has 3 rings (SSSR count). The lowest BCUT2D eigenvalue weighted by Gasteiger charge is -2.33. The minimum atomic E-state index is -0.817. The molecule has 2 heterocycles. The molecule has 1 unspecified atom stereocenters. The van der Waals surface area contributed by atoms with Crippen LogP contribution in [0, 0.1) is 0 Å². The van der Waals surface area contributed by atoms with Crippen molar-refractivity contribution in [1.29, 1.82) is 0 Å². The van der Waals surface area contributed by atoms with E-state index < -0.39 is 23.8 Å². The van der Waals surface area contributed by atoms with Gasteiger partial charge in [0.1, 0.15) is 18.3 Å². The molecular formula is C24H32N6O4S2. The summed E-state index contributed by atoms with van der Waals surface area (Å²) in [7, 11) is 5.24. The van der Waals surface area contributed by atoms with Crippen molar-refractivity contribution in [3.63, 3.8) is 0 Å². The van der Waals surface area contributed by atoms with Crippen molar-refractivity contribution in [2.24, 2.45) is 0 Å².